The van der Waals surface area contributed by atoms with Crippen molar-refractivity contribution in [3.05, 3.63) is 70.5 Å². The van der Waals surface area contributed by atoms with Crippen molar-refractivity contribution in [1.29, 1.82) is 0 Å². The van der Waals surface area contributed by atoms with Gasteiger partial charge in [-0.15, -0.1) is 0 Å². The Bertz CT molecular complexity index is 936. The van der Waals surface area contributed by atoms with Gasteiger partial charge in [0, 0.05) is 10.8 Å². The summed E-state index contributed by atoms with van der Waals surface area (Å²) in [5, 5.41) is 16.8. The van der Waals surface area contributed by atoms with Crippen molar-refractivity contribution in [3.63, 3.8) is 0 Å². The van der Waals surface area contributed by atoms with Crippen molar-refractivity contribution in [2.45, 2.75) is 13.5 Å². The van der Waals surface area contributed by atoms with E-state index in [1.165, 1.54) is 0 Å². The quantitative estimate of drug-likeness (QED) is 0.538. The maximum Gasteiger partial charge on any atom is 0.490 e. The van der Waals surface area contributed by atoms with Gasteiger partial charge in [-0.1, -0.05) is 17.1 Å². The van der Waals surface area contributed by atoms with Crippen molar-refractivity contribution in [3.8, 4) is 11.5 Å². The maximum absolute atomic E-state index is 12.0. The molecule has 3 rings (SSSR count). The van der Waals surface area contributed by atoms with Gasteiger partial charge in [0.2, 0.25) is 12.2 Å². The van der Waals surface area contributed by atoms with Crippen LogP contribution >= 0.6 is 0 Å². The van der Waals surface area contributed by atoms with Crippen molar-refractivity contribution < 1.29 is 14.5 Å². The molecule has 0 bridgehead atoms. The molecule has 132 valence electrons. The molecule has 1 aromatic heterocycles. The second-order valence-corrected chi connectivity index (χ2v) is 5.49. The van der Waals surface area contributed by atoms with Crippen molar-refractivity contribution >= 4 is 17.5 Å². The zero-order valence-electron chi connectivity index (χ0n) is 13.8. The zero-order valence-corrected chi connectivity index (χ0v) is 13.8. The van der Waals surface area contributed by atoms with Gasteiger partial charge in [0.05, 0.1) is 0 Å². The molecule has 0 unspecified atom stereocenters. The van der Waals surface area contributed by atoms with Gasteiger partial charge in [-0.3, -0.25) is 4.79 Å². The number of carbonyl (C=O) groups excluding carboxylic acids is 1. The van der Waals surface area contributed by atoms with Crippen molar-refractivity contribution in [1.82, 2.24) is 14.8 Å². The third-order valence-electron chi connectivity index (χ3n) is 3.36. The molecule has 3 aromatic rings. The van der Waals surface area contributed by atoms with Crippen LogP contribution in [0.15, 0.2) is 54.9 Å². The molecule has 1 amide bonds. The van der Waals surface area contributed by atoms with E-state index < -0.39 is 10.9 Å². The van der Waals surface area contributed by atoms with E-state index in [4.69, 9.17) is 4.74 Å². The topological polar surface area (TPSA) is 112 Å². The number of anilines is 1. The van der Waals surface area contributed by atoms with E-state index in [2.05, 4.69) is 15.4 Å². The van der Waals surface area contributed by atoms with Gasteiger partial charge in [-0.05, 0) is 53.8 Å². The number of hydrogen-bond acceptors (Lipinski definition) is 6. The Morgan fingerprint density at radius 1 is 1.23 bits per heavy atom. The number of rotatable bonds is 6. The minimum Gasteiger partial charge on any atom is -0.457 e. The molecule has 9 nitrogen and oxygen atoms in total. The Balaban J connectivity index is 1.58. The molecule has 2 aromatic carbocycles. The number of hydrogen-bond donors (Lipinski definition) is 1. The second kappa shape index (κ2) is 7.43. The summed E-state index contributed by atoms with van der Waals surface area (Å²) in [6.45, 7) is 1.80. The Morgan fingerprint density at radius 3 is 2.65 bits per heavy atom. The van der Waals surface area contributed by atoms with Crippen LogP contribution in [0.4, 0.5) is 11.6 Å². The number of ether oxygens (including phenoxy) is 1. The highest BCUT2D eigenvalue weighted by atomic mass is 16.6. The second-order valence-electron chi connectivity index (χ2n) is 5.49. The van der Waals surface area contributed by atoms with E-state index in [1.54, 1.807) is 24.3 Å². The fourth-order valence-corrected chi connectivity index (χ4v) is 2.21. The summed E-state index contributed by atoms with van der Waals surface area (Å²) in [6, 6.07) is 14.5. The highest BCUT2D eigenvalue weighted by Gasteiger charge is 2.15. The third kappa shape index (κ3) is 4.41. The van der Waals surface area contributed by atoms with E-state index >= 15 is 0 Å². The van der Waals surface area contributed by atoms with Crippen LogP contribution in [0.3, 0.4) is 0 Å². The summed E-state index contributed by atoms with van der Waals surface area (Å²) >= 11 is 0. The van der Waals surface area contributed by atoms with Crippen LogP contribution in [0.5, 0.6) is 11.5 Å². The summed E-state index contributed by atoms with van der Waals surface area (Å²) in [7, 11) is 0. The lowest BCUT2D eigenvalue weighted by Gasteiger charge is -2.08. The molecule has 0 aliphatic carbocycles. The van der Waals surface area contributed by atoms with Crippen molar-refractivity contribution in [2.24, 2.45) is 0 Å². The molecule has 0 saturated carbocycles. The molecule has 0 spiro atoms. The molecule has 0 fully saturated rings. The first kappa shape index (κ1) is 17.1. The fourth-order valence-electron chi connectivity index (χ4n) is 2.21. The Kier molecular flexibility index (Phi) is 4.88. The molecule has 0 radical (unpaired) electrons. The molecular formula is C17H15N5O4. The van der Waals surface area contributed by atoms with Crippen LogP contribution < -0.4 is 10.1 Å². The van der Waals surface area contributed by atoms with Crippen LogP contribution in [-0.4, -0.2) is 25.6 Å². The summed E-state index contributed by atoms with van der Waals surface area (Å²) < 4.78 is 6.84. The maximum atomic E-state index is 12.0. The number of aryl methyl sites for hydroxylation is 1. The normalized spacial score (nSPS) is 10.3. The molecule has 0 saturated heterocycles. The van der Waals surface area contributed by atoms with Crippen LogP contribution in [0, 0.1) is 17.0 Å². The Hall–Kier alpha value is -3.75. The molecule has 0 atom stereocenters. The molecule has 1 heterocycles. The molecular weight excluding hydrogens is 338 g/mol. The number of aromatic nitrogens is 3. The molecule has 0 aliphatic heterocycles. The number of nitro groups is 1. The smallest absolute Gasteiger partial charge is 0.457 e. The van der Waals surface area contributed by atoms with Gasteiger partial charge in [0.15, 0.2) is 0 Å². The average Bonchev–Trinajstić information content (AvgIpc) is 3.05. The van der Waals surface area contributed by atoms with Crippen LogP contribution in [0.1, 0.15) is 5.56 Å². The monoisotopic (exact) mass is 353 g/mol. The molecule has 9 heteroatoms. The molecule has 0 aliphatic rings. The van der Waals surface area contributed by atoms with Gasteiger partial charge < -0.3 is 20.2 Å². The lowest BCUT2D eigenvalue weighted by atomic mass is 10.2. The summed E-state index contributed by atoms with van der Waals surface area (Å²) in [4.78, 5) is 25.3. The first-order chi connectivity index (χ1) is 12.5. The van der Waals surface area contributed by atoms with E-state index in [1.807, 2.05) is 31.2 Å². The SMILES string of the molecule is Cc1cccc(Oc2ccc(NC(=O)Cn3cnc([N+](=O)[O-])n3)cc2)c1. The third-order valence-corrected chi connectivity index (χ3v) is 3.36. The lowest BCUT2D eigenvalue weighted by Crippen LogP contribution is -2.19. The van der Waals surface area contributed by atoms with E-state index in [0.717, 1.165) is 22.3 Å². The van der Waals surface area contributed by atoms with Gasteiger partial charge >= 0.3 is 5.95 Å². The average molecular weight is 353 g/mol. The summed E-state index contributed by atoms with van der Waals surface area (Å²) in [5.74, 6) is 0.447. The van der Waals surface area contributed by atoms with Gasteiger partial charge in [-0.2, -0.15) is 4.68 Å². The Labute approximate surface area is 148 Å². The minimum absolute atomic E-state index is 0.178. The van der Waals surface area contributed by atoms with E-state index in [0.29, 0.717) is 11.4 Å². The van der Waals surface area contributed by atoms with E-state index in [-0.39, 0.29) is 12.5 Å². The Morgan fingerprint density at radius 2 is 2.00 bits per heavy atom. The zero-order chi connectivity index (χ0) is 18.5. The highest BCUT2D eigenvalue weighted by molar-refractivity contribution is 5.90. The summed E-state index contributed by atoms with van der Waals surface area (Å²) in [6.07, 6.45) is 1.14. The molecule has 26 heavy (non-hydrogen) atoms. The standard InChI is InChI=1S/C17H15N5O4/c1-12-3-2-4-15(9-12)26-14-7-5-13(6-8-14)19-16(23)10-21-11-18-17(20-21)22(24)25/h2-9,11H,10H2,1H3,(H,19,23). The van der Waals surface area contributed by atoms with Crippen molar-refractivity contribution in [2.75, 3.05) is 5.32 Å². The summed E-state index contributed by atoms with van der Waals surface area (Å²) in [5.41, 5.74) is 1.67. The van der Waals surface area contributed by atoms with Crippen LogP contribution in [0.25, 0.3) is 0 Å². The first-order valence-corrected chi connectivity index (χ1v) is 7.68. The number of benzene rings is 2. The number of nitrogens with zero attached hydrogens (tertiary/aromatic N) is 4. The van der Waals surface area contributed by atoms with Crippen LogP contribution in [0.2, 0.25) is 0 Å². The first-order valence-electron chi connectivity index (χ1n) is 7.68. The highest BCUT2D eigenvalue weighted by Crippen LogP contribution is 2.23. The minimum atomic E-state index is -0.721. The van der Waals surface area contributed by atoms with Gasteiger partial charge in [0.1, 0.15) is 18.0 Å². The number of carbonyl (C=O) groups is 1. The molecule has 1 N–H and O–H groups in total. The predicted octanol–water partition coefficient (Wildman–Crippen LogP) is 2.93. The largest absolute Gasteiger partial charge is 0.490 e. The number of amides is 1. The lowest BCUT2D eigenvalue weighted by molar-refractivity contribution is -0.394. The van der Waals surface area contributed by atoms with Crippen LogP contribution in [-0.2, 0) is 11.3 Å². The van der Waals surface area contributed by atoms with Gasteiger partial charge in [-0.25, -0.2) is 0 Å². The van der Waals surface area contributed by atoms with E-state index in [9.17, 15) is 14.9 Å². The number of nitrogens with one attached hydrogen (secondary N) is 1. The predicted molar refractivity (Wildman–Crippen MR) is 93.0 cm³/mol. The fraction of sp³-hybridized carbons (Fsp3) is 0.118. The van der Waals surface area contributed by atoms with Gasteiger partial charge in [0.25, 0.3) is 0 Å².